The Labute approximate surface area is 112 Å². The fourth-order valence-electron chi connectivity index (χ4n) is 1.90. The quantitative estimate of drug-likeness (QED) is 0.859. The van der Waals surface area contributed by atoms with E-state index in [0.29, 0.717) is 0 Å². The lowest BCUT2D eigenvalue weighted by atomic mass is 10.1. The maximum absolute atomic E-state index is 13.5. The predicted molar refractivity (Wildman–Crippen MR) is 69.4 cm³/mol. The van der Waals surface area contributed by atoms with Gasteiger partial charge in [0.25, 0.3) is 0 Å². The second kappa shape index (κ2) is 6.16. The summed E-state index contributed by atoms with van der Waals surface area (Å²) in [7, 11) is 0. The van der Waals surface area contributed by atoms with Crippen LogP contribution in [-0.4, -0.2) is 24.2 Å². The van der Waals surface area contributed by atoms with Crippen LogP contribution in [0.3, 0.4) is 0 Å². The summed E-state index contributed by atoms with van der Waals surface area (Å²) in [5.74, 6) is -0.379. The molecule has 2 rings (SSSR count). The Morgan fingerprint density at radius 2 is 2.17 bits per heavy atom. The maximum Gasteiger partial charge on any atom is 0.323 e. The molecule has 5 heteroatoms. The number of hydrogen-bond donors (Lipinski definition) is 1. The molecule has 100 valence electrons. The van der Waals surface area contributed by atoms with Gasteiger partial charge in [-0.2, -0.15) is 0 Å². The van der Waals surface area contributed by atoms with Crippen LogP contribution in [0, 0.1) is 0 Å². The van der Waals surface area contributed by atoms with Gasteiger partial charge < -0.3 is 10.1 Å². The highest BCUT2D eigenvalue weighted by Gasteiger charge is 2.39. The Hall–Kier alpha value is -1.13. The van der Waals surface area contributed by atoms with E-state index in [9.17, 15) is 9.18 Å². The number of alkyl halides is 1. The summed E-state index contributed by atoms with van der Waals surface area (Å²) in [6.45, 7) is 1.93. The molecular weight excluding hydrogens is 257 g/mol. The first kappa shape index (κ1) is 14.9. The number of hydrogen-bond acceptors (Lipinski definition) is 3. The number of carbonyl (C=O) groups excluding carboxylic acids is 1. The first-order chi connectivity index (χ1) is 8.07. The molecule has 1 fully saturated rings. The van der Waals surface area contributed by atoms with Crippen LogP contribution in [0.4, 0.5) is 4.39 Å². The van der Waals surface area contributed by atoms with Gasteiger partial charge in [-0.1, -0.05) is 30.3 Å². The molecule has 18 heavy (non-hydrogen) atoms. The number of esters is 1. The number of carbonyl (C=O) groups is 1. The molecule has 0 bridgehead atoms. The Morgan fingerprint density at radius 1 is 1.50 bits per heavy atom. The van der Waals surface area contributed by atoms with Crippen molar-refractivity contribution in [3.63, 3.8) is 0 Å². The molecule has 1 aromatic carbocycles. The molecule has 1 aromatic rings. The molecule has 1 N–H and O–H groups in total. The highest BCUT2D eigenvalue weighted by atomic mass is 35.5. The zero-order valence-electron chi connectivity index (χ0n) is 10.2. The van der Waals surface area contributed by atoms with Gasteiger partial charge in [0.2, 0.25) is 0 Å². The molecule has 1 aliphatic rings. The average Bonchev–Trinajstić information content (AvgIpc) is 2.68. The maximum atomic E-state index is 13.5. The smallest absolute Gasteiger partial charge is 0.323 e. The number of halogens is 2. The first-order valence-electron chi connectivity index (χ1n) is 5.70. The van der Waals surface area contributed by atoms with Gasteiger partial charge in [0, 0.05) is 13.0 Å². The molecule has 2 atom stereocenters. The SMILES string of the molecule is C[C@]1(F)CN[C@H](C(=O)OCc2ccccc2)C1.Cl. The Kier molecular flexibility index (Phi) is 5.11. The summed E-state index contributed by atoms with van der Waals surface area (Å²) >= 11 is 0. The molecule has 0 aromatic heterocycles. The fraction of sp³-hybridized carbons (Fsp3) is 0.462. The number of rotatable bonds is 3. The molecule has 0 radical (unpaired) electrons. The minimum atomic E-state index is -1.31. The van der Waals surface area contributed by atoms with Crippen LogP contribution in [0.1, 0.15) is 18.9 Å². The van der Waals surface area contributed by atoms with Crippen LogP contribution in [-0.2, 0) is 16.1 Å². The van der Waals surface area contributed by atoms with Crippen molar-refractivity contribution in [2.45, 2.75) is 31.7 Å². The van der Waals surface area contributed by atoms with Gasteiger partial charge >= 0.3 is 5.97 Å². The molecule has 3 nitrogen and oxygen atoms in total. The molecule has 1 heterocycles. The normalized spacial score (nSPS) is 26.4. The van der Waals surface area contributed by atoms with Gasteiger partial charge in [-0.25, -0.2) is 4.39 Å². The van der Waals surface area contributed by atoms with Gasteiger partial charge in [0.1, 0.15) is 18.3 Å². The standard InChI is InChI=1S/C13H16FNO2.ClH/c1-13(14)7-11(15-9-13)12(16)17-8-10-5-3-2-4-6-10;/h2-6,11,15H,7-9H2,1H3;1H/t11-,13+;/m0./s1. The van der Waals surface area contributed by atoms with E-state index < -0.39 is 11.7 Å². The Balaban J connectivity index is 0.00000162. The molecule has 1 saturated heterocycles. The number of benzene rings is 1. The van der Waals surface area contributed by atoms with Crippen LogP contribution in [0.5, 0.6) is 0 Å². The van der Waals surface area contributed by atoms with E-state index in [-0.39, 0.29) is 37.9 Å². The van der Waals surface area contributed by atoms with Crippen LogP contribution in [0.2, 0.25) is 0 Å². The van der Waals surface area contributed by atoms with E-state index in [0.717, 1.165) is 5.56 Å². The van der Waals surface area contributed by atoms with Crippen molar-refractivity contribution in [1.29, 1.82) is 0 Å². The van der Waals surface area contributed by atoms with Crippen LogP contribution in [0.25, 0.3) is 0 Å². The largest absolute Gasteiger partial charge is 0.460 e. The molecule has 1 aliphatic heterocycles. The van der Waals surface area contributed by atoms with Crippen molar-refractivity contribution in [2.24, 2.45) is 0 Å². The highest BCUT2D eigenvalue weighted by molar-refractivity contribution is 5.85. The van der Waals surface area contributed by atoms with Crippen molar-refractivity contribution >= 4 is 18.4 Å². The Morgan fingerprint density at radius 3 is 2.72 bits per heavy atom. The number of ether oxygens (including phenoxy) is 1. The third kappa shape index (κ3) is 3.96. The summed E-state index contributed by atoms with van der Waals surface area (Å²) in [4.78, 5) is 11.7. The first-order valence-corrected chi connectivity index (χ1v) is 5.70. The van der Waals surface area contributed by atoms with Crippen LogP contribution < -0.4 is 5.32 Å². The number of nitrogens with one attached hydrogen (secondary N) is 1. The lowest BCUT2D eigenvalue weighted by Crippen LogP contribution is -2.32. The average molecular weight is 274 g/mol. The van der Waals surface area contributed by atoms with E-state index in [2.05, 4.69) is 5.32 Å². The van der Waals surface area contributed by atoms with E-state index >= 15 is 0 Å². The second-order valence-corrected chi connectivity index (χ2v) is 4.64. The van der Waals surface area contributed by atoms with Crippen LogP contribution >= 0.6 is 12.4 Å². The minimum absolute atomic E-state index is 0. The van der Waals surface area contributed by atoms with E-state index in [1.54, 1.807) is 0 Å². The van der Waals surface area contributed by atoms with E-state index in [4.69, 9.17) is 4.74 Å². The summed E-state index contributed by atoms with van der Waals surface area (Å²) in [5.41, 5.74) is -0.377. The fourth-order valence-corrected chi connectivity index (χ4v) is 1.90. The molecule has 0 aliphatic carbocycles. The summed E-state index contributed by atoms with van der Waals surface area (Å²) in [6, 6.07) is 8.92. The van der Waals surface area contributed by atoms with E-state index in [1.165, 1.54) is 6.92 Å². The third-order valence-corrected chi connectivity index (χ3v) is 2.86. The summed E-state index contributed by atoms with van der Waals surface area (Å²) in [5, 5.41) is 2.83. The monoisotopic (exact) mass is 273 g/mol. The second-order valence-electron chi connectivity index (χ2n) is 4.64. The molecular formula is C13H17ClFNO2. The van der Waals surface area contributed by atoms with Gasteiger partial charge in [0.15, 0.2) is 0 Å². The van der Waals surface area contributed by atoms with Gasteiger partial charge in [0.05, 0.1) is 0 Å². The van der Waals surface area contributed by atoms with Crippen molar-refractivity contribution < 1.29 is 13.9 Å². The van der Waals surface area contributed by atoms with Gasteiger partial charge in [-0.05, 0) is 12.5 Å². The minimum Gasteiger partial charge on any atom is -0.460 e. The summed E-state index contributed by atoms with van der Waals surface area (Å²) < 4.78 is 18.7. The van der Waals surface area contributed by atoms with Crippen molar-refractivity contribution in [2.75, 3.05) is 6.54 Å². The van der Waals surface area contributed by atoms with Gasteiger partial charge in [-0.3, -0.25) is 4.79 Å². The predicted octanol–water partition coefficient (Wildman–Crippen LogP) is 2.24. The molecule has 0 saturated carbocycles. The van der Waals surface area contributed by atoms with E-state index in [1.807, 2.05) is 30.3 Å². The van der Waals surface area contributed by atoms with Gasteiger partial charge in [-0.15, -0.1) is 12.4 Å². The molecule has 0 unspecified atom stereocenters. The third-order valence-electron chi connectivity index (χ3n) is 2.86. The zero-order chi connectivity index (χ0) is 12.3. The lowest BCUT2D eigenvalue weighted by Gasteiger charge is -2.11. The Bertz CT molecular complexity index is 397. The van der Waals surface area contributed by atoms with Crippen LogP contribution in [0.15, 0.2) is 30.3 Å². The highest BCUT2D eigenvalue weighted by Crippen LogP contribution is 2.23. The van der Waals surface area contributed by atoms with Crippen molar-refractivity contribution in [3.05, 3.63) is 35.9 Å². The molecule has 0 spiro atoms. The topological polar surface area (TPSA) is 38.3 Å². The summed E-state index contributed by atoms with van der Waals surface area (Å²) in [6.07, 6.45) is 0.181. The van der Waals surface area contributed by atoms with Crippen molar-refractivity contribution in [1.82, 2.24) is 5.32 Å². The lowest BCUT2D eigenvalue weighted by molar-refractivity contribution is -0.147. The molecule has 0 amide bonds. The zero-order valence-corrected chi connectivity index (χ0v) is 11.0. The van der Waals surface area contributed by atoms with Crippen molar-refractivity contribution in [3.8, 4) is 0 Å².